The summed E-state index contributed by atoms with van der Waals surface area (Å²) in [6, 6.07) is 9.58. The molecule has 0 unspecified atom stereocenters. The minimum absolute atomic E-state index is 0. The highest BCUT2D eigenvalue weighted by atomic mass is 35.5. The molecule has 1 aromatic rings. The third-order valence-electron chi connectivity index (χ3n) is 3.66. The van der Waals surface area contributed by atoms with Gasteiger partial charge in [0, 0.05) is 12.2 Å². The van der Waals surface area contributed by atoms with Crippen LogP contribution in [-0.4, -0.2) is 31.4 Å². The molecule has 3 N–H and O–H groups in total. The number of rotatable bonds is 6. The van der Waals surface area contributed by atoms with Gasteiger partial charge < -0.3 is 16.0 Å². The molecular formula is C15H22ClN3O2. The minimum Gasteiger partial charge on any atom is -0.346 e. The first-order chi connectivity index (χ1) is 9.70. The fourth-order valence-electron chi connectivity index (χ4n) is 2.23. The molecule has 1 aliphatic rings. The van der Waals surface area contributed by atoms with Crippen LogP contribution in [0, 0.1) is 5.92 Å². The van der Waals surface area contributed by atoms with E-state index in [0.717, 1.165) is 12.2 Å². The van der Waals surface area contributed by atoms with Gasteiger partial charge in [0.1, 0.15) is 0 Å². The highest BCUT2D eigenvalue weighted by molar-refractivity contribution is 5.96. The van der Waals surface area contributed by atoms with E-state index in [2.05, 4.69) is 5.32 Å². The predicted molar refractivity (Wildman–Crippen MR) is 85.4 cm³/mol. The van der Waals surface area contributed by atoms with Crippen LogP contribution in [0.4, 0.5) is 5.69 Å². The fraction of sp³-hybridized carbons (Fsp3) is 0.467. The number of nitrogens with one attached hydrogen (secondary N) is 1. The average molecular weight is 312 g/mol. The maximum Gasteiger partial charge on any atom is 0.246 e. The van der Waals surface area contributed by atoms with E-state index in [9.17, 15) is 9.59 Å². The Labute approximate surface area is 131 Å². The van der Waals surface area contributed by atoms with Gasteiger partial charge in [-0.15, -0.1) is 12.4 Å². The molecule has 0 spiro atoms. The monoisotopic (exact) mass is 311 g/mol. The third kappa shape index (κ3) is 5.02. The number of nitrogens with zero attached hydrogens (tertiary/aromatic N) is 1. The van der Waals surface area contributed by atoms with Gasteiger partial charge in [0.05, 0.1) is 13.1 Å². The molecule has 5 nitrogen and oxygen atoms in total. The van der Waals surface area contributed by atoms with Crippen LogP contribution in [0.25, 0.3) is 0 Å². The molecule has 0 aromatic heterocycles. The van der Waals surface area contributed by atoms with E-state index in [0.29, 0.717) is 5.92 Å². The Morgan fingerprint density at radius 3 is 2.43 bits per heavy atom. The first-order valence-electron chi connectivity index (χ1n) is 7.03. The molecular weight excluding hydrogens is 290 g/mol. The largest absolute Gasteiger partial charge is 0.346 e. The number of carbonyl (C=O) groups excluding carboxylic acids is 2. The standard InChI is InChI=1S/C15H21N3O2.ClH/c16-9-14(19)17-10-15(20)18(11-12-5-4-6-12)13-7-2-1-3-8-13;/h1-3,7-8,12H,4-6,9-11,16H2,(H,17,19);1H. The van der Waals surface area contributed by atoms with Crippen LogP contribution in [0.5, 0.6) is 0 Å². The van der Waals surface area contributed by atoms with Gasteiger partial charge >= 0.3 is 0 Å². The quantitative estimate of drug-likeness (QED) is 0.832. The fourth-order valence-corrected chi connectivity index (χ4v) is 2.23. The molecule has 1 aliphatic carbocycles. The van der Waals surface area contributed by atoms with Crippen LogP contribution in [0.1, 0.15) is 19.3 Å². The topological polar surface area (TPSA) is 75.4 Å². The molecule has 0 bridgehead atoms. The normalized spacial score (nSPS) is 13.8. The summed E-state index contributed by atoms with van der Waals surface area (Å²) in [5, 5.41) is 2.54. The highest BCUT2D eigenvalue weighted by Gasteiger charge is 2.24. The van der Waals surface area contributed by atoms with E-state index in [4.69, 9.17) is 5.73 Å². The van der Waals surface area contributed by atoms with Gasteiger partial charge in [-0.05, 0) is 30.9 Å². The lowest BCUT2D eigenvalue weighted by Crippen LogP contribution is -2.44. The van der Waals surface area contributed by atoms with E-state index in [1.54, 1.807) is 4.90 Å². The molecule has 1 aromatic carbocycles. The number of para-hydroxylation sites is 1. The number of carbonyl (C=O) groups is 2. The molecule has 2 rings (SSSR count). The third-order valence-corrected chi connectivity index (χ3v) is 3.66. The number of hydrogen-bond acceptors (Lipinski definition) is 3. The van der Waals surface area contributed by atoms with Gasteiger partial charge in [-0.25, -0.2) is 0 Å². The van der Waals surface area contributed by atoms with Gasteiger partial charge in [-0.1, -0.05) is 24.6 Å². The second kappa shape index (κ2) is 8.64. The number of amides is 2. The molecule has 2 amide bonds. The lowest BCUT2D eigenvalue weighted by molar-refractivity contribution is -0.124. The Morgan fingerprint density at radius 1 is 1.24 bits per heavy atom. The number of halogens is 1. The van der Waals surface area contributed by atoms with Gasteiger partial charge in [-0.2, -0.15) is 0 Å². The Kier molecular flexibility index (Phi) is 7.19. The first kappa shape index (κ1) is 17.5. The van der Waals surface area contributed by atoms with Crippen molar-refractivity contribution in [1.82, 2.24) is 5.32 Å². The summed E-state index contributed by atoms with van der Waals surface area (Å²) in [4.78, 5) is 25.2. The maximum absolute atomic E-state index is 12.3. The van der Waals surface area contributed by atoms with Crippen molar-refractivity contribution in [3.05, 3.63) is 30.3 Å². The number of nitrogens with two attached hydrogens (primary N) is 1. The van der Waals surface area contributed by atoms with Crippen molar-refractivity contribution in [2.75, 3.05) is 24.5 Å². The average Bonchev–Trinajstić information content (AvgIpc) is 2.44. The SMILES string of the molecule is Cl.NCC(=O)NCC(=O)N(CC1CCC1)c1ccccc1. The minimum atomic E-state index is -0.310. The van der Waals surface area contributed by atoms with Crippen molar-refractivity contribution in [1.29, 1.82) is 0 Å². The van der Waals surface area contributed by atoms with Gasteiger partial charge in [0.25, 0.3) is 0 Å². The van der Waals surface area contributed by atoms with Gasteiger partial charge in [0.2, 0.25) is 11.8 Å². The summed E-state index contributed by atoms with van der Waals surface area (Å²) in [6.45, 7) is 0.625. The Bertz CT molecular complexity index is 463. The molecule has 6 heteroatoms. The zero-order valence-corrected chi connectivity index (χ0v) is 12.8. The van der Waals surface area contributed by atoms with E-state index < -0.39 is 0 Å². The Morgan fingerprint density at radius 2 is 1.90 bits per heavy atom. The predicted octanol–water partition coefficient (Wildman–Crippen LogP) is 1.32. The van der Waals surface area contributed by atoms with Crippen LogP contribution in [-0.2, 0) is 9.59 Å². The summed E-state index contributed by atoms with van der Waals surface area (Å²) in [5.41, 5.74) is 6.10. The summed E-state index contributed by atoms with van der Waals surface area (Å²) >= 11 is 0. The number of hydrogen-bond donors (Lipinski definition) is 2. The van der Waals surface area contributed by atoms with Crippen molar-refractivity contribution in [3.63, 3.8) is 0 Å². The first-order valence-corrected chi connectivity index (χ1v) is 7.03. The summed E-state index contributed by atoms with van der Waals surface area (Å²) in [6.07, 6.45) is 3.59. The highest BCUT2D eigenvalue weighted by Crippen LogP contribution is 2.28. The molecule has 0 aliphatic heterocycles. The van der Waals surface area contributed by atoms with E-state index >= 15 is 0 Å². The van der Waals surface area contributed by atoms with Crippen LogP contribution < -0.4 is 16.0 Å². The lowest BCUT2D eigenvalue weighted by Gasteiger charge is -2.32. The molecule has 0 radical (unpaired) electrons. The van der Waals surface area contributed by atoms with Crippen LogP contribution in [0.3, 0.4) is 0 Å². The van der Waals surface area contributed by atoms with E-state index in [1.807, 2.05) is 30.3 Å². The van der Waals surface area contributed by atoms with Crippen molar-refractivity contribution >= 4 is 29.9 Å². The Balaban J connectivity index is 0.00000220. The molecule has 21 heavy (non-hydrogen) atoms. The zero-order valence-electron chi connectivity index (χ0n) is 12.0. The maximum atomic E-state index is 12.3. The molecule has 0 atom stereocenters. The second-order valence-corrected chi connectivity index (χ2v) is 5.12. The van der Waals surface area contributed by atoms with Crippen LogP contribution in [0.15, 0.2) is 30.3 Å². The van der Waals surface area contributed by atoms with Crippen LogP contribution in [0.2, 0.25) is 0 Å². The molecule has 1 saturated carbocycles. The smallest absolute Gasteiger partial charge is 0.246 e. The van der Waals surface area contributed by atoms with Crippen molar-refractivity contribution in [2.24, 2.45) is 11.7 Å². The molecule has 0 saturated heterocycles. The van der Waals surface area contributed by atoms with E-state index in [-0.39, 0.29) is 37.3 Å². The van der Waals surface area contributed by atoms with Crippen molar-refractivity contribution in [3.8, 4) is 0 Å². The van der Waals surface area contributed by atoms with Crippen LogP contribution >= 0.6 is 12.4 Å². The van der Waals surface area contributed by atoms with Gasteiger partial charge in [0.15, 0.2) is 0 Å². The summed E-state index contributed by atoms with van der Waals surface area (Å²) in [7, 11) is 0. The lowest BCUT2D eigenvalue weighted by atomic mass is 9.85. The molecule has 1 fully saturated rings. The van der Waals surface area contributed by atoms with E-state index in [1.165, 1.54) is 19.3 Å². The Hall–Kier alpha value is -1.59. The summed E-state index contributed by atoms with van der Waals surface area (Å²) < 4.78 is 0. The van der Waals surface area contributed by atoms with Crippen molar-refractivity contribution < 1.29 is 9.59 Å². The van der Waals surface area contributed by atoms with Crippen molar-refractivity contribution in [2.45, 2.75) is 19.3 Å². The number of anilines is 1. The van der Waals surface area contributed by atoms with Gasteiger partial charge in [-0.3, -0.25) is 9.59 Å². The molecule has 116 valence electrons. The second-order valence-electron chi connectivity index (χ2n) is 5.12. The summed E-state index contributed by atoms with van der Waals surface area (Å²) in [5.74, 6) is 0.171. The number of benzene rings is 1. The molecule has 0 heterocycles. The zero-order chi connectivity index (χ0) is 14.4.